The average Bonchev–Trinajstić information content (AvgIpc) is 2.68. The van der Waals surface area contributed by atoms with Gasteiger partial charge in [-0.3, -0.25) is 14.6 Å². The molecule has 1 unspecified atom stereocenters. The second-order valence-corrected chi connectivity index (χ2v) is 7.49. The molecule has 3 aliphatic rings. The van der Waals surface area contributed by atoms with Gasteiger partial charge in [-0.1, -0.05) is 23.7 Å². The molecule has 4 rings (SSSR count). The summed E-state index contributed by atoms with van der Waals surface area (Å²) < 4.78 is 0. The molecule has 1 aromatic rings. The van der Waals surface area contributed by atoms with Crippen LogP contribution in [0.5, 0.6) is 0 Å². The van der Waals surface area contributed by atoms with Crippen LogP contribution >= 0.6 is 23.8 Å². The Labute approximate surface area is 168 Å². The van der Waals surface area contributed by atoms with E-state index in [1.54, 1.807) is 17.2 Å². The molecule has 8 heteroatoms. The minimum atomic E-state index is -0.402. The molecule has 0 saturated carbocycles. The molecule has 6 nitrogen and oxygen atoms in total. The number of nitrogens with zero attached hydrogens (tertiary/aromatic N) is 5. The van der Waals surface area contributed by atoms with Gasteiger partial charge in [-0.15, -0.1) is 0 Å². The Balaban J connectivity index is 1.32. The van der Waals surface area contributed by atoms with Crippen molar-refractivity contribution < 1.29 is 4.79 Å². The molecule has 1 amide bonds. The molecule has 1 fully saturated rings. The zero-order chi connectivity index (χ0) is 18.8. The van der Waals surface area contributed by atoms with Crippen LogP contribution in [0.15, 0.2) is 46.4 Å². The van der Waals surface area contributed by atoms with Crippen LogP contribution in [0.4, 0.5) is 5.69 Å². The van der Waals surface area contributed by atoms with E-state index in [1.807, 2.05) is 24.3 Å². The topological polar surface area (TPSA) is 51.5 Å². The Morgan fingerprint density at radius 2 is 2.00 bits per heavy atom. The summed E-state index contributed by atoms with van der Waals surface area (Å²) >= 11 is 11.4. The van der Waals surface area contributed by atoms with Crippen molar-refractivity contribution in [2.75, 3.05) is 44.2 Å². The van der Waals surface area contributed by atoms with Gasteiger partial charge in [-0.05, 0) is 36.5 Å². The van der Waals surface area contributed by atoms with E-state index in [2.05, 4.69) is 25.9 Å². The summed E-state index contributed by atoms with van der Waals surface area (Å²) in [6.07, 6.45) is 5.25. The van der Waals surface area contributed by atoms with Crippen LogP contribution in [0.1, 0.15) is 0 Å². The van der Waals surface area contributed by atoms with Crippen molar-refractivity contribution in [2.45, 2.75) is 0 Å². The average molecular weight is 402 g/mol. The van der Waals surface area contributed by atoms with Crippen molar-refractivity contribution in [3.05, 3.63) is 41.4 Å². The number of carbonyl (C=O) groups is 1. The first-order valence-corrected chi connectivity index (χ1v) is 9.78. The molecule has 140 valence electrons. The highest BCUT2D eigenvalue weighted by Gasteiger charge is 2.34. The number of hydrogen-bond donors (Lipinski definition) is 0. The third-order valence-electron chi connectivity index (χ3n) is 5.03. The number of amidine groups is 1. The van der Waals surface area contributed by atoms with Crippen molar-refractivity contribution in [1.29, 1.82) is 0 Å². The van der Waals surface area contributed by atoms with E-state index in [4.69, 9.17) is 23.8 Å². The van der Waals surface area contributed by atoms with E-state index in [9.17, 15) is 4.79 Å². The van der Waals surface area contributed by atoms with Crippen LogP contribution in [-0.4, -0.2) is 72.1 Å². The predicted octanol–water partition coefficient (Wildman–Crippen LogP) is 2.24. The van der Waals surface area contributed by atoms with Crippen LogP contribution in [0.25, 0.3) is 0 Å². The summed E-state index contributed by atoms with van der Waals surface area (Å²) in [5, 5.41) is 1.07. The van der Waals surface area contributed by atoms with Gasteiger partial charge in [-0.25, -0.2) is 9.98 Å². The summed E-state index contributed by atoms with van der Waals surface area (Å²) in [7, 11) is 0. The zero-order valence-corrected chi connectivity index (χ0v) is 16.4. The minimum absolute atomic E-state index is 0.0318. The molecule has 3 heterocycles. The van der Waals surface area contributed by atoms with Gasteiger partial charge in [0.05, 0.1) is 0 Å². The Bertz CT molecular complexity index is 844. The normalized spacial score (nSPS) is 22.9. The van der Waals surface area contributed by atoms with E-state index in [0.29, 0.717) is 17.5 Å². The van der Waals surface area contributed by atoms with E-state index < -0.39 is 5.92 Å². The molecule has 27 heavy (non-hydrogen) atoms. The van der Waals surface area contributed by atoms with Crippen LogP contribution in [-0.2, 0) is 4.79 Å². The largest absolute Gasteiger partial charge is 0.369 e. The Morgan fingerprint density at radius 3 is 2.78 bits per heavy atom. The molecule has 0 N–H and O–H groups in total. The lowest BCUT2D eigenvalue weighted by atomic mass is 10.0. The fourth-order valence-electron chi connectivity index (χ4n) is 3.51. The van der Waals surface area contributed by atoms with Crippen LogP contribution in [0.3, 0.4) is 0 Å². The summed E-state index contributed by atoms with van der Waals surface area (Å²) in [6, 6.07) is 7.95. The molecule has 1 atom stereocenters. The Kier molecular flexibility index (Phi) is 5.33. The molecular weight excluding hydrogens is 382 g/mol. The number of aliphatic imine (C=N–C) groups is 2. The lowest BCUT2D eigenvalue weighted by Gasteiger charge is -2.37. The van der Waals surface area contributed by atoms with Crippen LogP contribution in [0.2, 0.25) is 5.02 Å². The molecular formula is C19H20ClN5OS. The van der Waals surface area contributed by atoms with E-state index in [1.165, 1.54) is 0 Å². The quantitative estimate of drug-likeness (QED) is 0.726. The third-order valence-corrected chi connectivity index (χ3v) is 5.58. The number of dihydropyridines is 1. The lowest BCUT2D eigenvalue weighted by molar-refractivity contribution is -0.128. The number of carbonyl (C=O) groups excluding carboxylic acids is 1. The van der Waals surface area contributed by atoms with E-state index >= 15 is 0 Å². The maximum Gasteiger partial charge on any atom is 0.243 e. The number of thiocarbonyl (C=S) groups is 1. The number of benzene rings is 1. The molecule has 0 bridgehead atoms. The van der Waals surface area contributed by atoms with Crippen molar-refractivity contribution in [1.82, 2.24) is 9.80 Å². The van der Waals surface area contributed by atoms with E-state index in [0.717, 1.165) is 43.4 Å². The maximum atomic E-state index is 12.7. The van der Waals surface area contributed by atoms with Gasteiger partial charge < -0.3 is 4.90 Å². The number of rotatable bonds is 4. The standard InChI is InChI=1S/C19H20ClN5OS/c20-14-3-1-4-15(13-14)24-10-7-23(8-11-24)9-12-25-18(26)16-5-2-6-21-17(16)22-19(25)27/h1-6,13,16H,7-12H2. The fraction of sp³-hybridized carbons (Fsp3) is 0.368. The van der Waals surface area contributed by atoms with Gasteiger partial charge in [0.25, 0.3) is 0 Å². The monoisotopic (exact) mass is 401 g/mol. The van der Waals surface area contributed by atoms with Crippen LogP contribution in [0, 0.1) is 5.92 Å². The van der Waals surface area contributed by atoms with Gasteiger partial charge in [-0.2, -0.15) is 0 Å². The van der Waals surface area contributed by atoms with Crippen molar-refractivity contribution in [2.24, 2.45) is 15.9 Å². The molecule has 1 aromatic carbocycles. The number of hydrogen-bond acceptors (Lipinski definition) is 5. The fourth-order valence-corrected chi connectivity index (χ4v) is 3.97. The van der Waals surface area contributed by atoms with Gasteiger partial charge in [0.15, 0.2) is 0 Å². The molecule has 3 aliphatic heterocycles. The summed E-state index contributed by atoms with van der Waals surface area (Å²) in [4.78, 5) is 27.5. The molecule has 0 radical (unpaired) electrons. The van der Waals surface area contributed by atoms with Gasteiger partial charge in [0.2, 0.25) is 11.0 Å². The highest BCUT2D eigenvalue weighted by Crippen LogP contribution is 2.21. The lowest BCUT2D eigenvalue weighted by Crippen LogP contribution is -2.52. The highest BCUT2D eigenvalue weighted by atomic mass is 35.5. The van der Waals surface area contributed by atoms with Gasteiger partial charge >= 0.3 is 0 Å². The first-order chi connectivity index (χ1) is 13.1. The SMILES string of the molecule is O=C1C2C=CC=NC2=NC(=S)N1CCN1CCN(c2cccc(Cl)c2)CC1. The second-order valence-electron chi connectivity index (χ2n) is 6.69. The smallest absolute Gasteiger partial charge is 0.243 e. The summed E-state index contributed by atoms with van der Waals surface area (Å²) in [5.41, 5.74) is 1.15. The number of anilines is 1. The Hall–Kier alpha value is -2.09. The zero-order valence-electron chi connectivity index (χ0n) is 14.8. The minimum Gasteiger partial charge on any atom is -0.369 e. The molecule has 0 spiro atoms. The summed E-state index contributed by atoms with van der Waals surface area (Å²) in [5.74, 6) is 0.0657. The highest BCUT2D eigenvalue weighted by molar-refractivity contribution is 7.80. The first kappa shape index (κ1) is 18.3. The number of allylic oxidation sites excluding steroid dienone is 1. The second kappa shape index (κ2) is 7.88. The van der Waals surface area contributed by atoms with Gasteiger partial charge in [0.1, 0.15) is 11.8 Å². The molecule has 0 aliphatic carbocycles. The first-order valence-electron chi connectivity index (χ1n) is 8.99. The maximum absolute atomic E-state index is 12.7. The van der Waals surface area contributed by atoms with Crippen molar-refractivity contribution in [3.8, 4) is 0 Å². The number of fused-ring (bicyclic) bond motifs is 1. The van der Waals surface area contributed by atoms with Gasteiger partial charge in [0, 0.05) is 56.2 Å². The molecule has 0 aromatic heterocycles. The molecule has 1 saturated heterocycles. The van der Waals surface area contributed by atoms with Crippen molar-refractivity contribution >= 4 is 52.6 Å². The Morgan fingerprint density at radius 1 is 1.19 bits per heavy atom. The van der Waals surface area contributed by atoms with E-state index in [-0.39, 0.29) is 5.91 Å². The predicted molar refractivity (Wildman–Crippen MR) is 113 cm³/mol. The number of piperazine rings is 1. The number of amides is 1. The van der Waals surface area contributed by atoms with Crippen molar-refractivity contribution in [3.63, 3.8) is 0 Å². The number of halogens is 1. The summed E-state index contributed by atoms with van der Waals surface area (Å²) in [6.45, 7) is 5.06. The van der Waals surface area contributed by atoms with Crippen LogP contribution < -0.4 is 4.90 Å². The third kappa shape index (κ3) is 3.95.